The lowest BCUT2D eigenvalue weighted by atomic mass is 9.76. The van der Waals surface area contributed by atoms with Gasteiger partial charge in [-0.2, -0.15) is 4.39 Å². The Morgan fingerprint density at radius 1 is 1.38 bits per heavy atom. The molecule has 0 saturated heterocycles. The molecule has 21 heavy (non-hydrogen) atoms. The second-order valence-electron chi connectivity index (χ2n) is 6.19. The third-order valence-corrected chi connectivity index (χ3v) is 3.94. The third kappa shape index (κ3) is 3.77. The molecule has 1 aromatic carbocycles. The maximum absolute atomic E-state index is 13.5. The van der Waals surface area contributed by atoms with E-state index in [1.807, 2.05) is 0 Å². The molecule has 6 heteroatoms. The van der Waals surface area contributed by atoms with Gasteiger partial charge in [-0.3, -0.25) is 10.1 Å². The number of hydrogen-bond donors (Lipinski definition) is 0. The van der Waals surface area contributed by atoms with Gasteiger partial charge in [-0.1, -0.05) is 13.8 Å². The summed E-state index contributed by atoms with van der Waals surface area (Å²) in [5, 5.41) is 10.5. The van der Waals surface area contributed by atoms with E-state index in [-0.39, 0.29) is 17.1 Å². The second-order valence-corrected chi connectivity index (χ2v) is 6.19. The minimum Gasteiger partial charge on any atom is -0.459 e. The Morgan fingerprint density at radius 3 is 2.52 bits per heavy atom. The molecule has 0 bridgehead atoms. The smallest absolute Gasteiger partial charge is 0.338 e. The number of esters is 1. The van der Waals surface area contributed by atoms with Crippen molar-refractivity contribution in [3.05, 3.63) is 39.7 Å². The highest BCUT2D eigenvalue weighted by atomic mass is 19.1. The molecule has 1 aliphatic carbocycles. The number of ether oxygens (including phenoxy) is 1. The van der Waals surface area contributed by atoms with Crippen LogP contribution in [0.4, 0.5) is 10.1 Å². The number of nitrogens with zero attached hydrogens (tertiary/aromatic N) is 1. The fraction of sp³-hybridized carbons (Fsp3) is 0.533. The van der Waals surface area contributed by atoms with E-state index in [4.69, 9.17) is 4.74 Å². The molecule has 5 nitrogen and oxygen atoms in total. The number of nitro groups is 1. The lowest BCUT2D eigenvalue weighted by Gasteiger charge is -2.33. The number of benzene rings is 1. The molecule has 114 valence electrons. The Balaban J connectivity index is 2.01. The fourth-order valence-electron chi connectivity index (χ4n) is 2.49. The maximum Gasteiger partial charge on any atom is 0.338 e. The van der Waals surface area contributed by atoms with Crippen molar-refractivity contribution >= 4 is 11.7 Å². The van der Waals surface area contributed by atoms with Crippen LogP contribution in [-0.2, 0) is 4.74 Å². The molecule has 0 radical (unpaired) electrons. The molecular weight excluding hydrogens is 277 g/mol. The highest BCUT2D eigenvalue weighted by molar-refractivity contribution is 5.89. The zero-order valence-electron chi connectivity index (χ0n) is 12.1. The van der Waals surface area contributed by atoms with E-state index in [0.717, 1.165) is 37.8 Å². The summed E-state index contributed by atoms with van der Waals surface area (Å²) in [5.41, 5.74) is -0.378. The number of hydrogen-bond acceptors (Lipinski definition) is 4. The van der Waals surface area contributed by atoms with E-state index >= 15 is 0 Å². The molecule has 0 N–H and O–H groups in total. The summed E-state index contributed by atoms with van der Waals surface area (Å²) in [5.74, 6) is -1.66. The Labute approximate surface area is 122 Å². The first-order chi connectivity index (χ1) is 9.78. The first-order valence-corrected chi connectivity index (χ1v) is 6.93. The molecule has 0 atom stereocenters. The summed E-state index contributed by atoms with van der Waals surface area (Å²) in [7, 11) is 0. The molecular formula is C15H18FNO4. The van der Waals surface area contributed by atoms with Crippen LogP contribution in [-0.4, -0.2) is 17.0 Å². The topological polar surface area (TPSA) is 69.4 Å². The van der Waals surface area contributed by atoms with E-state index in [1.165, 1.54) is 6.07 Å². The van der Waals surface area contributed by atoms with E-state index in [0.29, 0.717) is 0 Å². The van der Waals surface area contributed by atoms with Gasteiger partial charge in [0, 0.05) is 6.07 Å². The van der Waals surface area contributed by atoms with E-state index < -0.39 is 22.4 Å². The lowest BCUT2D eigenvalue weighted by Crippen LogP contribution is -2.28. The van der Waals surface area contributed by atoms with Crippen molar-refractivity contribution in [1.82, 2.24) is 0 Å². The molecule has 0 spiro atoms. The molecule has 1 aromatic rings. The summed E-state index contributed by atoms with van der Waals surface area (Å²) in [6, 6.07) is 3.06. The third-order valence-electron chi connectivity index (χ3n) is 3.94. The van der Waals surface area contributed by atoms with Crippen molar-refractivity contribution in [2.75, 3.05) is 0 Å². The molecule has 0 unspecified atom stereocenters. The molecule has 2 rings (SSSR count). The Kier molecular flexibility index (Phi) is 4.25. The van der Waals surface area contributed by atoms with Crippen molar-refractivity contribution in [2.24, 2.45) is 5.41 Å². The first-order valence-electron chi connectivity index (χ1n) is 6.93. The molecule has 0 heterocycles. The van der Waals surface area contributed by atoms with E-state index in [1.54, 1.807) is 0 Å². The number of carbonyl (C=O) groups is 1. The maximum atomic E-state index is 13.5. The lowest BCUT2D eigenvalue weighted by molar-refractivity contribution is -0.387. The van der Waals surface area contributed by atoms with Gasteiger partial charge in [0.15, 0.2) is 0 Å². The van der Waals surface area contributed by atoms with Crippen LogP contribution in [0.3, 0.4) is 0 Å². The largest absolute Gasteiger partial charge is 0.459 e. The van der Waals surface area contributed by atoms with Gasteiger partial charge in [0.25, 0.3) is 0 Å². The average Bonchev–Trinajstić information content (AvgIpc) is 2.40. The van der Waals surface area contributed by atoms with Gasteiger partial charge in [0.1, 0.15) is 6.10 Å². The molecule has 1 saturated carbocycles. The van der Waals surface area contributed by atoms with Crippen LogP contribution in [0.2, 0.25) is 0 Å². The summed E-state index contributed by atoms with van der Waals surface area (Å²) >= 11 is 0. The van der Waals surface area contributed by atoms with Crippen molar-refractivity contribution in [1.29, 1.82) is 0 Å². The van der Waals surface area contributed by atoms with E-state index in [2.05, 4.69) is 13.8 Å². The van der Waals surface area contributed by atoms with Gasteiger partial charge in [-0.05, 0) is 43.2 Å². The summed E-state index contributed by atoms with van der Waals surface area (Å²) in [4.78, 5) is 21.7. The normalized spacial score (nSPS) is 18.2. The van der Waals surface area contributed by atoms with Crippen molar-refractivity contribution in [3.8, 4) is 0 Å². The Hall–Kier alpha value is -1.98. The predicted molar refractivity (Wildman–Crippen MR) is 74.5 cm³/mol. The number of halogens is 1. The van der Waals surface area contributed by atoms with Crippen LogP contribution in [0.5, 0.6) is 0 Å². The highest BCUT2D eigenvalue weighted by Gasteiger charge is 2.29. The Bertz CT molecular complexity index is 561. The standard InChI is InChI=1S/C15H18FNO4/c1-15(2)7-5-11(6-8-15)21-14(18)10-3-4-13(17(19)20)12(16)9-10/h3-4,9,11H,5-8H2,1-2H3. The molecule has 1 fully saturated rings. The number of rotatable bonds is 3. The van der Waals surface area contributed by atoms with Crippen molar-refractivity contribution < 1.29 is 18.8 Å². The molecule has 1 aliphatic rings. The van der Waals surface area contributed by atoms with Gasteiger partial charge in [-0.15, -0.1) is 0 Å². The monoisotopic (exact) mass is 295 g/mol. The fourth-order valence-corrected chi connectivity index (χ4v) is 2.49. The molecule has 0 aromatic heterocycles. The highest BCUT2D eigenvalue weighted by Crippen LogP contribution is 2.36. The minimum atomic E-state index is -1.03. The van der Waals surface area contributed by atoms with Gasteiger partial charge >= 0.3 is 11.7 Å². The van der Waals surface area contributed by atoms with Crippen LogP contribution in [0.1, 0.15) is 49.9 Å². The average molecular weight is 295 g/mol. The zero-order valence-corrected chi connectivity index (χ0v) is 12.1. The Morgan fingerprint density at radius 2 is 2.00 bits per heavy atom. The van der Waals surface area contributed by atoms with Crippen LogP contribution >= 0.6 is 0 Å². The summed E-state index contributed by atoms with van der Waals surface area (Å²) in [6.07, 6.45) is 3.35. The SMILES string of the molecule is CC1(C)CCC(OC(=O)c2ccc([N+](=O)[O-])c(F)c2)CC1. The van der Waals surface area contributed by atoms with Gasteiger partial charge < -0.3 is 4.74 Å². The minimum absolute atomic E-state index is 0.00272. The summed E-state index contributed by atoms with van der Waals surface area (Å²) < 4.78 is 18.8. The zero-order chi connectivity index (χ0) is 15.6. The van der Waals surface area contributed by atoms with E-state index in [9.17, 15) is 19.3 Å². The molecule has 0 aliphatic heterocycles. The molecule has 0 amide bonds. The van der Waals surface area contributed by atoms with Crippen LogP contribution in [0, 0.1) is 21.3 Å². The van der Waals surface area contributed by atoms with Crippen molar-refractivity contribution in [2.45, 2.75) is 45.6 Å². The van der Waals surface area contributed by atoms with Crippen LogP contribution in [0.15, 0.2) is 18.2 Å². The number of nitro benzene ring substituents is 1. The second kappa shape index (κ2) is 5.79. The van der Waals surface area contributed by atoms with Gasteiger partial charge in [0.2, 0.25) is 5.82 Å². The number of carbonyl (C=O) groups excluding carboxylic acids is 1. The quantitative estimate of drug-likeness (QED) is 0.482. The van der Waals surface area contributed by atoms with Crippen LogP contribution < -0.4 is 0 Å². The summed E-state index contributed by atoms with van der Waals surface area (Å²) in [6.45, 7) is 4.35. The predicted octanol–water partition coefficient (Wildman–Crippen LogP) is 3.86. The van der Waals surface area contributed by atoms with Gasteiger partial charge in [0.05, 0.1) is 10.5 Å². The van der Waals surface area contributed by atoms with Crippen molar-refractivity contribution in [3.63, 3.8) is 0 Å². The first kappa shape index (κ1) is 15.4. The van der Waals surface area contributed by atoms with Crippen LogP contribution in [0.25, 0.3) is 0 Å². The van der Waals surface area contributed by atoms with Gasteiger partial charge in [-0.25, -0.2) is 4.79 Å².